The monoisotopic (exact) mass is 247 g/mol. The number of benzene rings is 1. The standard InChI is InChI=1S/C14H17NO3/c1-14(2)8-11(14)12(16)15(3)10-6-4-9(5-7-10)13(17)18/h4-7,11H,8H2,1-3H3,(H,17,18). The fourth-order valence-electron chi connectivity index (χ4n) is 2.08. The molecule has 0 radical (unpaired) electrons. The van der Waals surface area contributed by atoms with E-state index in [1.807, 2.05) is 0 Å². The number of carbonyl (C=O) groups is 2. The Morgan fingerprint density at radius 3 is 2.17 bits per heavy atom. The Balaban J connectivity index is 2.12. The normalized spacial score (nSPS) is 20.3. The molecule has 1 amide bonds. The number of anilines is 1. The zero-order valence-electron chi connectivity index (χ0n) is 10.8. The third-order valence-electron chi connectivity index (χ3n) is 3.64. The minimum Gasteiger partial charge on any atom is -0.478 e. The average molecular weight is 247 g/mol. The lowest BCUT2D eigenvalue weighted by molar-refractivity contribution is -0.120. The van der Waals surface area contributed by atoms with Crippen molar-refractivity contribution in [3.05, 3.63) is 29.8 Å². The first kappa shape index (κ1) is 12.6. The Kier molecular flexibility index (Phi) is 2.89. The third kappa shape index (κ3) is 2.23. The Morgan fingerprint density at radius 1 is 1.28 bits per heavy atom. The summed E-state index contributed by atoms with van der Waals surface area (Å²) in [6, 6.07) is 6.35. The Bertz CT molecular complexity index is 490. The van der Waals surface area contributed by atoms with Gasteiger partial charge < -0.3 is 10.0 Å². The topological polar surface area (TPSA) is 57.6 Å². The summed E-state index contributed by atoms with van der Waals surface area (Å²) in [4.78, 5) is 24.5. The van der Waals surface area contributed by atoms with Gasteiger partial charge in [0.1, 0.15) is 0 Å². The van der Waals surface area contributed by atoms with E-state index in [1.54, 1.807) is 24.1 Å². The van der Waals surface area contributed by atoms with Crippen LogP contribution in [0.3, 0.4) is 0 Å². The maximum atomic E-state index is 12.1. The second-order valence-electron chi connectivity index (χ2n) is 5.49. The third-order valence-corrected chi connectivity index (χ3v) is 3.64. The summed E-state index contributed by atoms with van der Waals surface area (Å²) >= 11 is 0. The smallest absolute Gasteiger partial charge is 0.335 e. The van der Waals surface area contributed by atoms with Crippen LogP contribution >= 0.6 is 0 Å². The molecule has 4 heteroatoms. The molecule has 1 aliphatic carbocycles. The van der Waals surface area contributed by atoms with Crippen LogP contribution in [0.1, 0.15) is 30.6 Å². The van der Waals surface area contributed by atoms with Crippen molar-refractivity contribution >= 4 is 17.6 Å². The van der Waals surface area contributed by atoms with E-state index in [-0.39, 0.29) is 22.8 Å². The van der Waals surface area contributed by atoms with Gasteiger partial charge in [0.25, 0.3) is 0 Å². The number of carbonyl (C=O) groups excluding carboxylic acids is 1. The molecule has 1 unspecified atom stereocenters. The molecule has 1 aromatic rings. The summed E-state index contributed by atoms with van der Waals surface area (Å²) in [6.07, 6.45) is 0.920. The number of aromatic carboxylic acids is 1. The van der Waals surface area contributed by atoms with Crippen molar-refractivity contribution in [2.75, 3.05) is 11.9 Å². The average Bonchev–Trinajstić information content (AvgIpc) is 2.96. The maximum Gasteiger partial charge on any atom is 0.335 e. The van der Waals surface area contributed by atoms with Crippen LogP contribution < -0.4 is 4.90 Å². The van der Waals surface area contributed by atoms with Crippen LogP contribution in [0.4, 0.5) is 5.69 Å². The van der Waals surface area contributed by atoms with Gasteiger partial charge in [-0.25, -0.2) is 4.79 Å². The SMILES string of the molecule is CN(C(=O)C1CC1(C)C)c1ccc(C(=O)O)cc1. The van der Waals surface area contributed by atoms with Gasteiger partial charge in [-0.05, 0) is 36.1 Å². The summed E-state index contributed by atoms with van der Waals surface area (Å²) in [6.45, 7) is 4.16. The van der Waals surface area contributed by atoms with Crippen LogP contribution in [0.15, 0.2) is 24.3 Å². The molecule has 0 saturated heterocycles. The molecule has 0 aromatic heterocycles. The molecule has 1 N–H and O–H groups in total. The summed E-state index contributed by atoms with van der Waals surface area (Å²) in [5.74, 6) is -0.774. The largest absolute Gasteiger partial charge is 0.478 e. The van der Waals surface area contributed by atoms with E-state index < -0.39 is 5.97 Å². The molecule has 1 aromatic carbocycles. The van der Waals surface area contributed by atoms with Crippen LogP contribution in [0.25, 0.3) is 0 Å². The first-order valence-electron chi connectivity index (χ1n) is 5.94. The lowest BCUT2D eigenvalue weighted by Gasteiger charge is -2.18. The van der Waals surface area contributed by atoms with Gasteiger partial charge in [-0.1, -0.05) is 13.8 Å². The number of amides is 1. The Labute approximate surface area is 106 Å². The van der Waals surface area contributed by atoms with Crippen molar-refractivity contribution in [1.29, 1.82) is 0 Å². The number of carboxylic acid groups (broad SMARTS) is 1. The van der Waals surface area contributed by atoms with E-state index >= 15 is 0 Å². The molecule has 1 atom stereocenters. The molecule has 0 spiro atoms. The summed E-state index contributed by atoms with van der Waals surface area (Å²) < 4.78 is 0. The van der Waals surface area contributed by atoms with E-state index in [0.29, 0.717) is 0 Å². The summed E-state index contributed by atoms with van der Waals surface area (Å²) in [5.41, 5.74) is 1.06. The number of rotatable bonds is 3. The van der Waals surface area contributed by atoms with Gasteiger partial charge in [0.2, 0.25) is 5.91 Å². The van der Waals surface area contributed by atoms with E-state index in [0.717, 1.165) is 12.1 Å². The molecule has 1 saturated carbocycles. The van der Waals surface area contributed by atoms with Gasteiger partial charge >= 0.3 is 5.97 Å². The van der Waals surface area contributed by atoms with E-state index in [9.17, 15) is 9.59 Å². The highest BCUT2D eigenvalue weighted by Crippen LogP contribution is 2.52. The van der Waals surface area contributed by atoms with Crippen LogP contribution in [-0.4, -0.2) is 24.0 Å². The minimum absolute atomic E-state index is 0.0849. The van der Waals surface area contributed by atoms with E-state index in [1.165, 1.54) is 12.1 Å². The predicted octanol–water partition coefficient (Wildman–Crippen LogP) is 2.39. The van der Waals surface area contributed by atoms with Crippen LogP contribution in [0.2, 0.25) is 0 Å². The van der Waals surface area contributed by atoms with Crippen molar-refractivity contribution in [1.82, 2.24) is 0 Å². The predicted molar refractivity (Wildman–Crippen MR) is 68.7 cm³/mol. The fraction of sp³-hybridized carbons (Fsp3) is 0.429. The van der Waals surface area contributed by atoms with Gasteiger partial charge in [-0.2, -0.15) is 0 Å². The highest BCUT2D eigenvalue weighted by Gasteiger charge is 2.51. The lowest BCUT2D eigenvalue weighted by Crippen LogP contribution is -2.29. The molecule has 1 fully saturated rings. The van der Waals surface area contributed by atoms with Crippen LogP contribution in [-0.2, 0) is 4.79 Å². The Hall–Kier alpha value is -1.84. The van der Waals surface area contributed by atoms with Crippen molar-refractivity contribution in [2.45, 2.75) is 20.3 Å². The second-order valence-corrected chi connectivity index (χ2v) is 5.49. The fourth-order valence-corrected chi connectivity index (χ4v) is 2.08. The van der Waals surface area contributed by atoms with Gasteiger partial charge in [0.15, 0.2) is 0 Å². The van der Waals surface area contributed by atoms with Crippen molar-refractivity contribution < 1.29 is 14.7 Å². The molecular weight excluding hydrogens is 230 g/mol. The molecular formula is C14H17NO3. The van der Waals surface area contributed by atoms with Crippen molar-refractivity contribution in [3.63, 3.8) is 0 Å². The summed E-state index contributed by atoms with van der Waals surface area (Å²) in [5, 5.41) is 8.81. The van der Waals surface area contributed by atoms with E-state index in [4.69, 9.17) is 5.11 Å². The molecule has 0 bridgehead atoms. The van der Waals surface area contributed by atoms with E-state index in [2.05, 4.69) is 13.8 Å². The molecule has 0 heterocycles. The molecule has 2 rings (SSSR count). The highest BCUT2D eigenvalue weighted by atomic mass is 16.4. The molecule has 1 aliphatic rings. The van der Waals surface area contributed by atoms with Gasteiger partial charge in [0.05, 0.1) is 5.56 Å². The zero-order valence-corrected chi connectivity index (χ0v) is 10.8. The quantitative estimate of drug-likeness (QED) is 0.892. The molecule has 18 heavy (non-hydrogen) atoms. The number of hydrogen-bond donors (Lipinski definition) is 1. The number of hydrogen-bond acceptors (Lipinski definition) is 2. The van der Waals surface area contributed by atoms with Crippen molar-refractivity contribution in [3.8, 4) is 0 Å². The van der Waals surface area contributed by atoms with Gasteiger partial charge in [-0.3, -0.25) is 4.79 Å². The first-order valence-corrected chi connectivity index (χ1v) is 5.94. The van der Waals surface area contributed by atoms with Crippen LogP contribution in [0.5, 0.6) is 0 Å². The van der Waals surface area contributed by atoms with Gasteiger partial charge in [-0.15, -0.1) is 0 Å². The molecule has 4 nitrogen and oxygen atoms in total. The highest BCUT2D eigenvalue weighted by molar-refractivity contribution is 5.97. The first-order chi connectivity index (χ1) is 8.33. The number of nitrogens with zero attached hydrogens (tertiary/aromatic N) is 1. The minimum atomic E-state index is -0.959. The molecule has 96 valence electrons. The zero-order chi connectivity index (χ0) is 13.5. The molecule has 0 aliphatic heterocycles. The van der Waals surface area contributed by atoms with Crippen molar-refractivity contribution in [2.24, 2.45) is 11.3 Å². The number of carboxylic acids is 1. The second kappa shape index (κ2) is 4.12. The summed E-state index contributed by atoms with van der Waals surface area (Å²) in [7, 11) is 1.73. The Morgan fingerprint density at radius 2 is 1.78 bits per heavy atom. The lowest BCUT2D eigenvalue weighted by atomic mass is 10.1. The van der Waals surface area contributed by atoms with Gasteiger partial charge in [0, 0.05) is 18.7 Å². The van der Waals surface area contributed by atoms with Crippen LogP contribution in [0, 0.1) is 11.3 Å². The maximum absolute atomic E-state index is 12.1.